The summed E-state index contributed by atoms with van der Waals surface area (Å²) in [5, 5.41) is 4.98. The van der Waals surface area contributed by atoms with E-state index in [1.165, 1.54) is 30.3 Å². The Labute approximate surface area is 151 Å². The Balaban J connectivity index is 1.85. The van der Waals surface area contributed by atoms with Gasteiger partial charge in [0.2, 0.25) is 5.91 Å². The van der Waals surface area contributed by atoms with Crippen LogP contribution in [0.4, 0.5) is 32.0 Å². The van der Waals surface area contributed by atoms with Gasteiger partial charge in [0.1, 0.15) is 0 Å². The average Bonchev–Trinajstić information content (AvgIpc) is 2.59. The molecule has 3 nitrogen and oxygen atoms in total. The zero-order valence-electron chi connectivity index (χ0n) is 13.9. The van der Waals surface area contributed by atoms with Crippen molar-refractivity contribution in [3.63, 3.8) is 0 Å². The van der Waals surface area contributed by atoms with Crippen LogP contribution >= 0.6 is 0 Å². The molecule has 0 heterocycles. The van der Waals surface area contributed by atoms with Crippen molar-refractivity contribution in [3.8, 4) is 0 Å². The van der Waals surface area contributed by atoms with Gasteiger partial charge >= 0.3 is 12.4 Å². The molecule has 27 heavy (non-hydrogen) atoms. The van der Waals surface area contributed by atoms with Gasteiger partial charge in [0.15, 0.2) is 0 Å². The average molecular weight is 390 g/mol. The number of hydrogen-bond acceptors (Lipinski definition) is 2. The maximum absolute atomic E-state index is 12.9. The summed E-state index contributed by atoms with van der Waals surface area (Å²) in [6, 6.07) is 9.41. The van der Waals surface area contributed by atoms with Crippen LogP contribution in [0, 0.1) is 0 Å². The number of anilines is 1. The molecule has 0 aromatic heterocycles. The van der Waals surface area contributed by atoms with E-state index < -0.39 is 29.4 Å². The molecule has 146 valence electrons. The summed E-state index contributed by atoms with van der Waals surface area (Å²) >= 11 is 0. The minimum Gasteiger partial charge on any atom is -0.376 e. The highest BCUT2D eigenvalue weighted by Gasteiger charge is 2.32. The zero-order valence-corrected chi connectivity index (χ0v) is 13.9. The molecule has 0 fully saturated rings. The molecule has 1 amide bonds. The molecule has 0 saturated heterocycles. The van der Waals surface area contributed by atoms with Crippen LogP contribution in [0.2, 0.25) is 0 Å². The number of amides is 1. The second kappa shape index (κ2) is 8.32. The standard InChI is InChI=1S/C18H16F6N2O/c19-17(20,21)13-5-3-6-14(10-13)26-11-16(27)25-9-8-12-4-1-2-7-15(12)18(22,23)24/h1-7,10,26H,8-9,11H2,(H,25,27). The fraction of sp³-hybridized carbons (Fsp3) is 0.278. The van der Waals surface area contributed by atoms with Crippen molar-refractivity contribution < 1.29 is 31.1 Å². The van der Waals surface area contributed by atoms with Gasteiger partial charge in [-0.2, -0.15) is 26.3 Å². The van der Waals surface area contributed by atoms with E-state index in [2.05, 4.69) is 10.6 Å². The highest BCUT2D eigenvalue weighted by atomic mass is 19.4. The van der Waals surface area contributed by atoms with Crippen molar-refractivity contribution in [2.45, 2.75) is 18.8 Å². The molecule has 0 bridgehead atoms. The molecular formula is C18H16F6N2O. The maximum atomic E-state index is 12.9. The van der Waals surface area contributed by atoms with Crippen LogP contribution in [0.25, 0.3) is 0 Å². The van der Waals surface area contributed by atoms with Gasteiger partial charge in [0.05, 0.1) is 17.7 Å². The summed E-state index contributed by atoms with van der Waals surface area (Å²) < 4.78 is 76.5. The molecule has 2 rings (SSSR count). The second-order valence-corrected chi connectivity index (χ2v) is 5.69. The van der Waals surface area contributed by atoms with Crippen molar-refractivity contribution >= 4 is 11.6 Å². The predicted molar refractivity (Wildman–Crippen MR) is 88.1 cm³/mol. The smallest absolute Gasteiger partial charge is 0.376 e. The van der Waals surface area contributed by atoms with E-state index in [0.717, 1.165) is 18.2 Å². The fourth-order valence-electron chi connectivity index (χ4n) is 2.40. The number of benzene rings is 2. The lowest BCUT2D eigenvalue weighted by molar-refractivity contribution is -0.138. The monoisotopic (exact) mass is 390 g/mol. The first-order valence-electron chi connectivity index (χ1n) is 7.90. The molecule has 9 heteroatoms. The number of carbonyl (C=O) groups is 1. The molecule has 0 radical (unpaired) electrons. The molecule has 0 atom stereocenters. The van der Waals surface area contributed by atoms with E-state index in [1.54, 1.807) is 0 Å². The summed E-state index contributed by atoms with van der Waals surface area (Å²) in [5.74, 6) is -0.545. The van der Waals surface area contributed by atoms with Gasteiger partial charge in [-0.15, -0.1) is 0 Å². The Morgan fingerprint density at radius 1 is 0.889 bits per heavy atom. The van der Waals surface area contributed by atoms with Crippen LogP contribution in [-0.2, 0) is 23.6 Å². The van der Waals surface area contributed by atoms with Crippen LogP contribution in [0.5, 0.6) is 0 Å². The number of hydrogen-bond donors (Lipinski definition) is 2. The van der Waals surface area contributed by atoms with E-state index in [9.17, 15) is 31.1 Å². The van der Waals surface area contributed by atoms with E-state index in [1.807, 2.05) is 0 Å². The van der Waals surface area contributed by atoms with E-state index in [0.29, 0.717) is 0 Å². The third-order valence-corrected chi connectivity index (χ3v) is 3.68. The molecule has 2 aromatic carbocycles. The second-order valence-electron chi connectivity index (χ2n) is 5.69. The number of nitrogens with one attached hydrogen (secondary N) is 2. The maximum Gasteiger partial charge on any atom is 0.416 e. The first kappa shape index (κ1) is 20.6. The quantitative estimate of drug-likeness (QED) is 0.714. The van der Waals surface area contributed by atoms with Crippen LogP contribution in [0.15, 0.2) is 48.5 Å². The summed E-state index contributed by atoms with van der Waals surface area (Å²) in [6.07, 6.45) is -9.00. The molecule has 0 aliphatic rings. The lowest BCUT2D eigenvalue weighted by atomic mass is 10.0. The number of alkyl halides is 6. The van der Waals surface area contributed by atoms with Crippen LogP contribution in [-0.4, -0.2) is 19.0 Å². The Hall–Kier alpha value is -2.71. The third kappa shape index (κ3) is 6.19. The minimum absolute atomic E-state index is 0.0228. The molecular weight excluding hydrogens is 374 g/mol. The van der Waals surface area contributed by atoms with E-state index in [-0.39, 0.29) is 30.8 Å². The molecule has 0 saturated carbocycles. The fourth-order valence-corrected chi connectivity index (χ4v) is 2.40. The summed E-state index contributed by atoms with van der Waals surface area (Å²) in [4.78, 5) is 11.8. The highest BCUT2D eigenvalue weighted by molar-refractivity contribution is 5.80. The largest absolute Gasteiger partial charge is 0.416 e. The van der Waals surface area contributed by atoms with Gasteiger partial charge < -0.3 is 10.6 Å². The van der Waals surface area contributed by atoms with Gasteiger partial charge in [-0.3, -0.25) is 4.79 Å². The van der Waals surface area contributed by atoms with Crippen LogP contribution < -0.4 is 10.6 Å². The van der Waals surface area contributed by atoms with Crippen LogP contribution in [0.3, 0.4) is 0 Å². The molecule has 2 N–H and O–H groups in total. The highest BCUT2D eigenvalue weighted by Crippen LogP contribution is 2.32. The van der Waals surface area contributed by atoms with Crippen molar-refractivity contribution in [2.75, 3.05) is 18.4 Å². The van der Waals surface area contributed by atoms with E-state index >= 15 is 0 Å². The zero-order chi connectivity index (χ0) is 20.1. The normalized spacial score (nSPS) is 11.9. The van der Waals surface area contributed by atoms with Gasteiger partial charge in [-0.1, -0.05) is 24.3 Å². The SMILES string of the molecule is O=C(CNc1cccc(C(F)(F)F)c1)NCCc1ccccc1C(F)(F)F. The Morgan fingerprint density at radius 3 is 2.26 bits per heavy atom. The molecule has 2 aromatic rings. The Bertz CT molecular complexity index is 786. The summed E-state index contributed by atoms with van der Waals surface area (Å²) in [7, 11) is 0. The van der Waals surface area contributed by atoms with Crippen molar-refractivity contribution in [3.05, 3.63) is 65.2 Å². The molecule has 0 aliphatic carbocycles. The van der Waals surface area contributed by atoms with Crippen molar-refractivity contribution in [2.24, 2.45) is 0 Å². The van der Waals surface area contributed by atoms with E-state index in [4.69, 9.17) is 0 Å². The van der Waals surface area contributed by atoms with Crippen molar-refractivity contribution in [1.29, 1.82) is 0 Å². The lowest BCUT2D eigenvalue weighted by Crippen LogP contribution is -2.31. The summed E-state index contributed by atoms with van der Waals surface area (Å²) in [5.41, 5.74) is -1.45. The molecule has 0 unspecified atom stereocenters. The van der Waals surface area contributed by atoms with Gasteiger partial charge in [-0.25, -0.2) is 0 Å². The Morgan fingerprint density at radius 2 is 1.59 bits per heavy atom. The summed E-state index contributed by atoms with van der Waals surface area (Å²) in [6.45, 7) is -0.335. The first-order chi connectivity index (χ1) is 12.6. The minimum atomic E-state index is -4.49. The van der Waals surface area contributed by atoms with Crippen molar-refractivity contribution in [1.82, 2.24) is 5.32 Å². The van der Waals surface area contributed by atoms with Gasteiger partial charge in [-0.05, 0) is 36.2 Å². The van der Waals surface area contributed by atoms with Gasteiger partial charge in [0, 0.05) is 12.2 Å². The lowest BCUT2D eigenvalue weighted by Gasteiger charge is -2.13. The number of carbonyl (C=O) groups excluding carboxylic acids is 1. The molecule has 0 aliphatic heterocycles. The molecule has 0 spiro atoms. The van der Waals surface area contributed by atoms with Gasteiger partial charge in [0.25, 0.3) is 0 Å². The number of rotatable bonds is 6. The Kier molecular flexibility index (Phi) is 6.35. The first-order valence-corrected chi connectivity index (χ1v) is 7.90. The third-order valence-electron chi connectivity index (χ3n) is 3.68. The number of halogens is 6. The predicted octanol–water partition coefficient (Wildman–Crippen LogP) is 4.50. The topological polar surface area (TPSA) is 41.1 Å². The van der Waals surface area contributed by atoms with Crippen LogP contribution in [0.1, 0.15) is 16.7 Å².